The molecule has 0 bridgehead atoms. The predicted octanol–water partition coefficient (Wildman–Crippen LogP) is 1.98. The quantitative estimate of drug-likeness (QED) is 0.505. The summed E-state index contributed by atoms with van der Waals surface area (Å²) in [6, 6.07) is 4.73. The van der Waals surface area contributed by atoms with Gasteiger partial charge >= 0.3 is 6.09 Å². The first-order chi connectivity index (χ1) is 8.45. The van der Waals surface area contributed by atoms with Crippen LogP contribution in [0.1, 0.15) is 18.1 Å². The van der Waals surface area contributed by atoms with Gasteiger partial charge in [0.25, 0.3) is 5.69 Å². The molecule has 0 aromatic heterocycles. The Balaban J connectivity index is 2.99. The van der Waals surface area contributed by atoms with Crippen molar-refractivity contribution in [2.75, 3.05) is 7.11 Å². The number of nitrogens with zero attached hydrogens (tertiary/aromatic N) is 2. The lowest BCUT2D eigenvalue weighted by atomic mass is 10.1. The van der Waals surface area contributed by atoms with Gasteiger partial charge in [-0.1, -0.05) is 12.1 Å². The number of amides is 1. The lowest BCUT2D eigenvalue weighted by Gasteiger charge is -2.03. The fourth-order valence-corrected chi connectivity index (χ4v) is 1.27. The monoisotopic (exact) mass is 251 g/mol. The number of hydrogen-bond acceptors (Lipinski definition) is 5. The highest BCUT2D eigenvalue weighted by Crippen LogP contribution is 2.19. The molecule has 0 radical (unpaired) electrons. The zero-order chi connectivity index (χ0) is 13.7. The Hall–Kier alpha value is -2.44. The fraction of sp³-hybridized carbons (Fsp3) is 0.273. The number of nitro benzene ring substituents is 1. The number of ether oxygens (including phenoxy) is 1. The Kier molecular flexibility index (Phi) is 4.36. The molecule has 1 aromatic rings. The van der Waals surface area contributed by atoms with Crippen molar-refractivity contribution < 1.29 is 14.5 Å². The second-order valence-electron chi connectivity index (χ2n) is 3.56. The number of benzene rings is 1. The molecule has 0 saturated heterocycles. The molecule has 0 aliphatic heterocycles. The number of hydrogen-bond donors (Lipinski definition) is 1. The number of aryl methyl sites for hydroxylation is 1. The summed E-state index contributed by atoms with van der Waals surface area (Å²) in [6.45, 7) is 3.28. The standard InChI is InChI=1S/C11H13N3O4/c1-7-4-5-9(6-10(7)14(16)17)8(2)12-13-11(15)18-3/h4-6H,1-3H3,(H,13,15). The fourth-order valence-electron chi connectivity index (χ4n) is 1.27. The van der Waals surface area contributed by atoms with Crippen molar-refractivity contribution in [3.05, 3.63) is 39.4 Å². The van der Waals surface area contributed by atoms with Gasteiger partial charge in [-0.15, -0.1) is 0 Å². The molecule has 1 rings (SSSR count). The van der Waals surface area contributed by atoms with Crippen LogP contribution in [0.15, 0.2) is 23.3 Å². The highest BCUT2D eigenvalue weighted by molar-refractivity contribution is 5.99. The average Bonchev–Trinajstić information content (AvgIpc) is 2.35. The average molecular weight is 251 g/mol. The summed E-state index contributed by atoms with van der Waals surface area (Å²) in [5.41, 5.74) is 3.74. The number of hydrazone groups is 1. The van der Waals surface area contributed by atoms with Crippen molar-refractivity contribution in [3.8, 4) is 0 Å². The minimum atomic E-state index is -0.698. The third-order valence-corrected chi connectivity index (χ3v) is 2.32. The van der Waals surface area contributed by atoms with E-state index in [0.717, 1.165) is 0 Å². The van der Waals surface area contributed by atoms with Crippen LogP contribution < -0.4 is 5.43 Å². The molecule has 96 valence electrons. The SMILES string of the molecule is COC(=O)NN=C(C)c1ccc(C)c([N+](=O)[O-])c1. The topological polar surface area (TPSA) is 93.8 Å². The van der Waals surface area contributed by atoms with Crippen molar-refractivity contribution in [2.24, 2.45) is 5.10 Å². The van der Waals surface area contributed by atoms with Crippen LogP contribution in [0.3, 0.4) is 0 Å². The van der Waals surface area contributed by atoms with Crippen molar-refractivity contribution >= 4 is 17.5 Å². The number of carbonyl (C=O) groups excluding carboxylic acids is 1. The van der Waals surface area contributed by atoms with E-state index in [1.54, 1.807) is 26.0 Å². The molecule has 0 spiro atoms. The summed E-state index contributed by atoms with van der Waals surface area (Å²) >= 11 is 0. The first kappa shape index (κ1) is 13.6. The van der Waals surface area contributed by atoms with Crippen LogP contribution in [-0.2, 0) is 4.74 Å². The largest absolute Gasteiger partial charge is 0.452 e. The molecule has 0 unspecified atom stereocenters. The first-order valence-corrected chi connectivity index (χ1v) is 5.09. The second kappa shape index (κ2) is 5.76. The van der Waals surface area contributed by atoms with Gasteiger partial charge in [0.05, 0.1) is 17.7 Å². The van der Waals surface area contributed by atoms with Crippen LogP contribution in [0.25, 0.3) is 0 Å². The zero-order valence-electron chi connectivity index (χ0n) is 10.3. The van der Waals surface area contributed by atoms with Crippen molar-refractivity contribution in [1.82, 2.24) is 5.43 Å². The molecule has 18 heavy (non-hydrogen) atoms. The van der Waals surface area contributed by atoms with E-state index in [0.29, 0.717) is 16.8 Å². The summed E-state index contributed by atoms with van der Waals surface area (Å²) in [5, 5.41) is 14.5. The zero-order valence-corrected chi connectivity index (χ0v) is 10.3. The Labute approximate surface area is 104 Å². The molecule has 0 aliphatic rings. The van der Waals surface area contributed by atoms with Crippen molar-refractivity contribution in [2.45, 2.75) is 13.8 Å². The molecule has 7 nitrogen and oxygen atoms in total. The van der Waals surface area contributed by atoms with Gasteiger partial charge in [0.2, 0.25) is 0 Å². The predicted molar refractivity (Wildman–Crippen MR) is 65.6 cm³/mol. The number of methoxy groups -OCH3 is 1. The lowest BCUT2D eigenvalue weighted by Crippen LogP contribution is -2.18. The molecule has 0 saturated carbocycles. The minimum absolute atomic E-state index is 0.0140. The van der Waals surface area contributed by atoms with Gasteiger partial charge in [0, 0.05) is 17.2 Å². The Bertz CT molecular complexity index is 511. The third kappa shape index (κ3) is 3.27. The number of nitrogens with one attached hydrogen (secondary N) is 1. The first-order valence-electron chi connectivity index (χ1n) is 5.09. The van der Waals surface area contributed by atoms with E-state index in [1.165, 1.54) is 13.2 Å². The number of carbonyl (C=O) groups is 1. The van der Waals surface area contributed by atoms with E-state index in [4.69, 9.17) is 0 Å². The second-order valence-corrected chi connectivity index (χ2v) is 3.56. The summed E-state index contributed by atoms with van der Waals surface area (Å²) in [4.78, 5) is 21.2. The molecule has 1 aromatic carbocycles. The molecule has 0 aliphatic carbocycles. The Morgan fingerprint density at radius 3 is 2.72 bits per heavy atom. The molecule has 1 amide bonds. The maximum atomic E-state index is 10.8. The molecule has 0 atom stereocenters. The van der Waals surface area contributed by atoms with Crippen molar-refractivity contribution in [1.29, 1.82) is 0 Å². The Morgan fingerprint density at radius 2 is 2.17 bits per heavy atom. The molecular formula is C11H13N3O4. The molecule has 7 heteroatoms. The lowest BCUT2D eigenvalue weighted by molar-refractivity contribution is -0.385. The van der Waals surface area contributed by atoms with E-state index in [2.05, 4.69) is 15.3 Å². The highest BCUT2D eigenvalue weighted by Gasteiger charge is 2.12. The molecular weight excluding hydrogens is 238 g/mol. The van der Waals surface area contributed by atoms with Gasteiger partial charge in [0.15, 0.2) is 0 Å². The Morgan fingerprint density at radius 1 is 1.50 bits per heavy atom. The summed E-state index contributed by atoms with van der Waals surface area (Å²) < 4.78 is 4.35. The highest BCUT2D eigenvalue weighted by atomic mass is 16.6. The third-order valence-electron chi connectivity index (χ3n) is 2.32. The smallest absolute Gasteiger partial charge is 0.427 e. The van der Waals surface area contributed by atoms with Gasteiger partial charge in [-0.3, -0.25) is 10.1 Å². The van der Waals surface area contributed by atoms with Crippen LogP contribution in [0.5, 0.6) is 0 Å². The maximum absolute atomic E-state index is 10.8. The summed E-state index contributed by atoms with van der Waals surface area (Å²) in [6.07, 6.45) is -0.698. The van der Waals surface area contributed by atoms with E-state index in [1.807, 2.05) is 0 Å². The minimum Gasteiger partial charge on any atom is -0.452 e. The van der Waals surface area contributed by atoms with Crippen LogP contribution in [0.2, 0.25) is 0 Å². The normalized spacial score (nSPS) is 10.9. The van der Waals surface area contributed by atoms with Gasteiger partial charge in [-0.2, -0.15) is 5.10 Å². The van der Waals surface area contributed by atoms with Gasteiger partial charge in [0.1, 0.15) is 0 Å². The summed E-state index contributed by atoms with van der Waals surface area (Å²) in [5.74, 6) is 0. The van der Waals surface area contributed by atoms with Gasteiger partial charge in [-0.05, 0) is 13.8 Å². The molecule has 0 heterocycles. The van der Waals surface area contributed by atoms with E-state index in [9.17, 15) is 14.9 Å². The van der Waals surface area contributed by atoms with Crippen molar-refractivity contribution in [3.63, 3.8) is 0 Å². The number of rotatable bonds is 3. The summed E-state index contributed by atoms with van der Waals surface area (Å²) in [7, 11) is 1.22. The van der Waals surface area contributed by atoms with Crippen LogP contribution in [0.4, 0.5) is 10.5 Å². The van der Waals surface area contributed by atoms with E-state index < -0.39 is 11.0 Å². The van der Waals surface area contributed by atoms with E-state index in [-0.39, 0.29) is 5.69 Å². The van der Waals surface area contributed by atoms with Crippen LogP contribution in [0, 0.1) is 17.0 Å². The van der Waals surface area contributed by atoms with Gasteiger partial charge < -0.3 is 4.74 Å². The van der Waals surface area contributed by atoms with Gasteiger partial charge in [-0.25, -0.2) is 10.2 Å². The number of nitro groups is 1. The van der Waals surface area contributed by atoms with Crippen LogP contribution in [-0.4, -0.2) is 23.8 Å². The van der Waals surface area contributed by atoms with E-state index >= 15 is 0 Å². The maximum Gasteiger partial charge on any atom is 0.427 e. The van der Waals surface area contributed by atoms with Crippen LogP contribution >= 0.6 is 0 Å². The molecule has 1 N–H and O–H groups in total. The molecule has 0 fully saturated rings.